The van der Waals surface area contributed by atoms with E-state index < -0.39 is 0 Å². The summed E-state index contributed by atoms with van der Waals surface area (Å²) in [7, 11) is 3.27. The zero-order valence-electron chi connectivity index (χ0n) is 17.2. The van der Waals surface area contributed by atoms with Crippen LogP contribution in [0.15, 0.2) is 60.8 Å². The summed E-state index contributed by atoms with van der Waals surface area (Å²) in [6.45, 7) is 2.30. The van der Waals surface area contributed by atoms with Gasteiger partial charge in [0.15, 0.2) is 0 Å². The second-order valence-electron chi connectivity index (χ2n) is 7.35. The van der Waals surface area contributed by atoms with Crippen molar-refractivity contribution in [1.82, 2.24) is 9.47 Å². The molecule has 2 aromatic carbocycles. The van der Waals surface area contributed by atoms with E-state index in [4.69, 9.17) is 9.47 Å². The number of benzene rings is 2. The molecule has 0 saturated heterocycles. The van der Waals surface area contributed by atoms with Gasteiger partial charge in [0.1, 0.15) is 11.5 Å². The van der Waals surface area contributed by atoms with Crippen LogP contribution in [-0.4, -0.2) is 35.2 Å². The van der Waals surface area contributed by atoms with Crippen molar-refractivity contribution < 1.29 is 14.4 Å². The number of nitro groups is 1. The van der Waals surface area contributed by atoms with Crippen molar-refractivity contribution in [3.63, 3.8) is 0 Å². The molecular weight excluding hydrogens is 382 g/mol. The van der Waals surface area contributed by atoms with Crippen LogP contribution in [0.3, 0.4) is 0 Å². The molecule has 4 rings (SSSR count). The first-order valence-corrected chi connectivity index (χ1v) is 9.95. The Morgan fingerprint density at radius 1 is 1.07 bits per heavy atom. The number of hydrogen-bond acceptors (Lipinski definition) is 5. The van der Waals surface area contributed by atoms with Gasteiger partial charge in [-0.2, -0.15) is 0 Å². The third kappa shape index (κ3) is 3.76. The minimum absolute atomic E-state index is 0.142. The molecular formula is C23H25N3O4. The Balaban J connectivity index is 1.79. The molecule has 3 aromatic rings. The van der Waals surface area contributed by atoms with Gasteiger partial charge in [0.25, 0.3) is 5.69 Å². The first kappa shape index (κ1) is 20.0. The lowest BCUT2D eigenvalue weighted by Crippen LogP contribution is -2.30. The second-order valence-corrected chi connectivity index (χ2v) is 7.35. The van der Waals surface area contributed by atoms with Crippen molar-refractivity contribution >= 4 is 5.69 Å². The SMILES string of the molecule is COc1ccc(CN2CCCn3cccc3C2c2ccccc2[N+](=O)[O-])c(OC)c1. The zero-order chi connectivity index (χ0) is 21.1. The Morgan fingerprint density at radius 3 is 2.67 bits per heavy atom. The molecule has 1 aliphatic heterocycles. The van der Waals surface area contributed by atoms with E-state index in [1.54, 1.807) is 26.4 Å². The lowest BCUT2D eigenvalue weighted by molar-refractivity contribution is -0.385. The summed E-state index contributed by atoms with van der Waals surface area (Å²) < 4.78 is 13.1. The van der Waals surface area contributed by atoms with Crippen LogP contribution in [0.4, 0.5) is 5.69 Å². The number of rotatable bonds is 6. The van der Waals surface area contributed by atoms with Gasteiger partial charge in [0.05, 0.1) is 30.7 Å². The summed E-state index contributed by atoms with van der Waals surface area (Å²) in [5, 5.41) is 11.8. The largest absolute Gasteiger partial charge is 0.497 e. The Kier molecular flexibility index (Phi) is 5.72. The highest BCUT2D eigenvalue weighted by atomic mass is 16.6. The Bertz CT molecular complexity index is 1050. The molecule has 0 fully saturated rings. The van der Waals surface area contributed by atoms with Crippen molar-refractivity contribution in [3.05, 3.63) is 87.7 Å². The van der Waals surface area contributed by atoms with E-state index in [-0.39, 0.29) is 16.7 Å². The van der Waals surface area contributed by atoms with Crippen LogP contribution >= 0.6 is 0 Å². The van der Waals surface area contributed by atoms with E-state index >= 15 is 0 Å². The summed E-state index contributed by atoms with van der Waals surface area (Å²) in [6.07, 6.45) is 3.01. The average Bonchev–Trinajstić information content (AvgIpc) is 3.15. The highest BCUT2D eigenvalue weighted by molar-refractivity contribution is 5.46. The minimum atomic E-state index is -0.292. The molecule has 30 heavy (non-hydrogen) atoms. The van der Waals surface area contributed by atoms with Gasteiger partial charge in [0, 0.05) is 49.2 Å². The number of fused-ring (bicyclic) bond motifs is 1. The van der Waals surface area contributed by atoms with E-state index in [2.05, 4.69) is 21.7 Å². The van der Waals surface area contributed by atoms with E-state index in [9.17, 15) is 10.1 Å². The number of nitrogens with zero attached hydrogens (tertiary/aromatic N) is 3. The third-order valence-corrected chi connectivity index (χ3v) is 5.65. The predicted molar refractivity (Wildman–Crippen MR) is 114 cm³/mol. The molecule has 2 heterocycles. The molecule has 0 bridgehead atoms. The van der Waals surface area contributed by atoms with Gasteiger partial charge in [-0.1, -0.05) is 24.3 Å². The van der Waals surface area contributed by atoms with E-state index in [1.807, 2.05) is 36.4 Å². The van der Waals surface area contributed by atoms with E-state index in [0.717, 1.165) is 42.3 Å². The maximum absolute atomic E-state index is 11.8. The van der Waals surface area contributed by atoms with E-state index in [1.165, 1.54) is 0 Å². The average molecular weight is 407 g/mol. The minimum Gasteiger partial charge on any atom is -0.497 e. The lowest BCUT2D eigenvalue weighted by Gasteiger charge is -2.31. The summed E-state index contributed by atoms with van der Waals surface area (Å²) >= 11 is 0. The van der Waals surface area contributed by atoms with Crippen LogP contribution in [0.2, 0.25) is 0 Å². The summed E-state index contributed by atoms with van der Waals surface area (Å²) in [4.78, 5) is 13.8. The van der Waals surface area contributed by atoms with Gasteiger partial charge in [-0.25, -0.2) is 0 Å². The molecule has 0 N–H and O–H groups in total. The van der Waals surface area contributed by atoms with Crippen LogP contribution < -0.4 is 9.47 Å². The fourth-order valence-electron chi connectivity index (χ4n) is 4.25. The molecule has 156 valence electrons. The number of hydrogen-bond donors (Lipinski definition) is 0. The second kappa shape index (κ2) is 8.59. The highest BCUT2D eigenvalue weighted by Gasteiger charge is 2.32. The molecule has 0 aliphatic carbocycles. The van der Waals surface area contributed by atoms with Gasteiger partial charge < -0.3 is 14.0 Å². The Labute approximate surface area is 175 Å². The highest BCUT2D eigenvalue weighted by Crippen LogP contribution is 2.38. The smallest absolute Gasteiger partial charge is 0.274 e. The molecule has 1 unspecified atom stereocenters. The summed E-state index contributed by atoms with van der Waals surface area (Å²) in [5.41, 5.74) is 2.93. The molecule has 0 saturated carbocycles. The topological polar surface area (TPSA) is 69.8 Å². The zero-order valence-corrected chi connectivity index (χ0v) is 17.2. The normalized spacial score (nSPS) is 16.5. The number of nitro benzene ring substituents is 1. The Morgan fingerprint density at radius 2 is 1.90 bits per heavy atom. The molecule has 0 amide bonds. The van der Waals surface area contributed by atoms with Gasteiger partial charge in [0.2, 0.25) is 0 Å². The van der Waals surface area contributed by atoms with Crippen LogP contribution in [0.5, 0.6) is 11.5 Å². The first-order chi connectivity index (χ1) is 14.6. The number of aryl methyl sites for hydroxylation is 1. The van der Waals surface area contributed by atoms with Crippen LogP contribution in [-0.2, 0) is 13.1 Å². The molecule has 0 spiro atoms. The van der Waals surface area contributed by atoms with Crippen LogP contribution in [0.1, 0.15) is 29.3 Å². The predicted octanol–water partition coefficient (Wildman–Crippen LogP) is 4.41. The number of methoxy groups -OCH3 is 2. The molecule has 1 aromatic heterocycles. The molecule has 0 radical (unpaired) electrons. The van der Waals surface area contributed by atoms with Crippen molar-refractivity contribution in [3.8, 4) is 11.5 Å². The number of aromatic nitrogens is 1. The van der Waals surface area contributed by atoms with Crippen molar-refractivity contribution in [2.75, 3.05) is 20.8 Å². The fraction of sp³-hybridized carbons (Fsp3) is 0.304. The van der Waals surface area contributed by atoms with E-state index in [0.29, 0.717) is 12.1 Å². The van der Waals surface area contributed by atoms with Gasteiger partial charge in [-0.15, -0.1) is 0 Å². The molecule has 1 atom stereocenters. The number of ether oxygens (including phenoxy) is 2. The molecule has 7 heteroatoms. The van der Waals surface area contributed by atoms with Crippen molar-refractivity contribution in [2.45, 2.75) is 25.6 Å². The van der Waals surface area contributed by atoms with Crippen molar-refractivity contribution in [1.29, 1.82) is 0 Å². The van der Waals surface area contributed by atoms with Crippen molar-refractivity contribution in [2.24, 2.45) is 0 Å². The Hall–Kier alpha value is -3.32. The van der Waals surface area contributed by atoms with Gasteiger partial charge >= 0.3 is 0 Å². The summed E-state index contributed by atoms with van der Waals surface area (Å²) in [5.74, 6) is 1.48. The fourth-order valence-corrected chi connectivity index (χ4v) is 4.25. The lowest BCUT2D eigenvalue weighted by atomic mass is 9.99. The monoisotopic (exact) mass is 407 g/mol. The maximum atomic E-state index is 11.8. The standard InChI is InChI=1S/C23H25N3O4/c1-29-18-11-10-17(22(15-18)30-2)16-25-14-6-13-24-12-5-9-21(24)23(25)19-7-3-4-8-20(19)26(27)28/h3-5,7-12,15,23H,6,13-14,16H2,1-2H3. The molecule has 1 aliphatic rings. The van der Waals surface area contributed by atoms with Crippen LogP contribution in [0.25, 0.3) is 0 Å². The summed E-state index contributed by atoms with van der Waals surface area (Å²) in [6, 6.07) is 16.7. The van der Waals surface area contributed by atoms with Gasteiger partial charge in [-0.05, 0) is 24.6 Å². The molecule has 7 nitrogen and oxygen atoms in total. The maximum Gasteiger partial charge on any atom is 0.274 e. The third-order valence-electron chi connectivity index (χ3n) is 5.65. The van der Waals surface area contributed by atoms with Crippen LogP contribution in [0, 0.1) is 10.1 Å². The van der Waals surface area contributed by atoms with Gasteiger partial charge in [-0.3, -0.25) is 15.0 Å². The first-order valence-electron chi connectivity index (χ1n) is 9.95. The number of para-hydroxylation sites is 1. The quantitative estimate of drug-likeness (QED) is 0.447.